The van der Waals surface area contributed by atoms with Crippen molar-refractivity contribution in [3.63, 3.8) is 0 Å². The van der Waals surface area contributed by atoms with Crippen LogP contribution in [0.2, 0.25) is 0 Å². The van der Waals surface area contributed by atoms with Crippen LogP contribution in [0.5, 0.6) is 0 Å². The first-order chi connectivity index (χ1) is 4.00. The van der Waals surface area contributed by atoms with Crippen molar-refractivity contribution in [2.75, 3.05) is 25.0 Å². The fourth-order valence-electron chi connectivity index (χ4n) is 0. The Kier molecular flexibility index (Phi) is 453. The molecule has 0 atom stereocenters. The monoisotopic (exact) mass is 420 g/mol. The largest absolute Gasteiger partial charge is 4.00 e. The van der Waals surface area contributed by atoms with Crippen LogP contribution < -0.4 is 0 Å². The fourth-order valence-corrected chi connectivity index (χ4v) is 0. The minimum atomic E-state index is 0. The van der Waals surface area contributed by atoms with Crippen molar-refractivity contribution in [2.45, 2.75) is 0 Å². The van der Waals surface area contributed by atoms with Crippen molar-refractivity contribution >= 4 is 50.5 Å². The molecule has 0 amide bonds. The van der Waals surface area contributed by atoms with Crippen molar-refractivity contribution in [3.8, 4) is 0 Å². The number of rotatable bonds is 0. The molecule has 0 aromatic heterocycles. The first-order valence-electron chi connectivity index (χ1n) is 1.63. The molecule has 0 nitrogen and oxygen atoms in total. The normalized spacial score (nSPS) is 2.67. The van der Waals surface area contributed by atoms with E-state index in [1.165, 1.54) is 0 Å². The van der Waals surface area contributed by atoms with Gasteiger partial charge in [-0.1, -0.05) is 0 Å². The Morgan fingerprint density at radius 2 is 0.444 bits per heavy atom. The number of hydrogen-bond donors (Lipinski definition) is 0. The molecule has 0 saturated carbocycles. The average Bonchev–Trinajstić information content (AvgIpc) is 2.03. The van der Waals surface area contributed by atoms with E-state index in [0.29, 0.717) is 0 Å². The SMILES string of the molecule is C[S-].C[S-].C[S-].C[S-].[Th+4]. The van der Waals surface area contributed by atoms with Gasteiger partial charge in [-0.2, -0.15) is 25.0 Å². The first-order valence-corrected chi connectivity index (χ1v) is 4.90. The topological polar surface area (TPSA) is 0 Å². The van der Waals surface area contributed by atoms with Gasteiger partial charge >= 0.3 is 39.9 Å². The van der Waals surface area contributed by atoms with Gasteiger partial charge in [0.05, 0.1) is 0 Å². The van der Waals surface area contributed by atoms with E-state index in [2.05, 4.69) is 50.5 Å². The van der Waals surface area contributed by atoms with Gasteiger partial charge in [0.25, 0.3) is 0 Å². The molecule has 0 spiro atoms. The van der Waals surface area contributed by atoms with E-state index in [-0.39, 0.29) is 39.9 Å². The maximum Gasteiger partial charge on any atom is 4.00 e. The summed E-state index contributed by atoms with van der Waals surface area (Å²) in [4.78, 5) is 0. The Balaban J connectivity index is -0.00000000762. The van der Waals surface area contributed by atoms with Gasteiger partial charge in [-0.05, 0) is 0 Å². The Hall–Kier alpha value is 2.72. The fraction of sp³-hybridized carbons (Fsp3) is 1.00. The quantitative estimate of drug-likeness (QED) is 0.528. The summed E-state index contributed by atoms with van der Waals surface area (Å²) in [6.07, 6.45) is 6.33. The van der Waals surface area contributed by atoms with Crippen molar-refractivity contribution in [1.82, 2.24) is 0 Å². The summed E-state index contributed by atoms with van der Waals surface area (Å²) in [6.45, 7) is 0. The Morgan fingerprint density at radius 3 is 0.444 bits per heavy atom. The summed E-state index contributed by atoms with van der Waals surface area (Å²) >= 11 is 16.3. The summed E-state index contributed by atoms with van der Waals surface area (Å²) in [5.41, 5.74) is 0. The third-order valence-corrected chi connectivity index (χ3v) is 0. The van der Waals surface area contributed by atoms with Crippen LogP contribution >= 0.6 is 0 Å². The van der Waals surface area contributed by atoms with Crippen molar-refractivity contribution in [1.29, 1.82) is 0 Å². The van der Waals surface area contributed by atoms with Gasteiger partial charge < -0.3 is 50.5 Å². The molecule has 0 fully saturated rings. The zero-order chi connectivity index (χ0) is 8.00. The second-order valence-electron chi connectivity index (χ2n) is 0. The van der Waals surface area contributed by atoms with E-state index in [0.717, 1.165) is 0 Å². The number of hydrogen-bond acceptors (Lipinski definition) is 4. The predicted octanol–water partition coefficient (Wildman–Crippen LogP) is 0.652. The molecular weight excluding hydrogens is 408 g/mol. The molecule has 5 heteroatoms. The maximum absolute atomic E-state index is 4.08. The Bertz CT molecular complexity index is 12.5. The van der Waals surface area contributed by atoms with Gasteiger partial charge in [-0.25, -0.2) is 0 Å². The van der Waals surface area contributed by atoms with E-state index in [1.54, 1.807) is 25.0 Å². The molecule has 0 rings (SSSR count). The van der Waals surface area contributed by atoms with Crippen LogP contribution in [0.4, 0.5) is 0 Å². The van der Waals surface area contributed by atoms with E-state index >= 15 is 0 Å². The molecule has 0 heterocycles. The summed E-state index contributed by atoms with van der Waals surface area (Å²) in [5, 5.41) is 0. The second kappa shape index (κ2) is 137. The van der Waals surface area contributed by atoms with Crippen molar-refractivity contribution in [3.05, 3.63) is 0 Å². The molecule has 0 aliphatic rings. The summed E-state index contributed by atoms with van der Waals surface area (Å²) in [7, 11) is 0. The van der Waals surface area contributed by atoms with Crippen LogP contribution in [0.25, 0.3) is 0 Å². The Morgan fingerprint density at radius 1 is 0.444 bits per heavy atom. The molecular formula is C4H12S4Th. The molecule has 0 bridgehead atoms. The van der Waals surface area contributed by atoms with E-state index in [9.17, 15) is 0 Å². The third kappa shape index (κ3) is 110. The molecule has 0 aromatic carbocycles. The maximum atomic E-state index is 4.08. The average molecular weight is 420 g/mol. The van der Waals surface area contributed by atoms with Gasteiger partial charge in [0.1, 0.15) is 0 Å². The van der Waals surface area contributed by atoms with Crippen molar-refractivity contribution in [2.24, 2.45) is 0 Å². The molecule has 0 unspecified atom stereocenters. The van der Waals surface area contributed by atoms with Crippen LogP contribution in [-0.4, -0.2) is 25.0 Å². The molecule has 9 heavy (non-hydrogen) atoms. The van der Waals surface area contributed by atoms with Crippen molar-refractivity contribution < 1.29 is 39.9 Å². The molecule has 0 radical (unpaired) electrons. The zero-order valence-electron chi connectivity index (χ0n) is 6.13. The predicted molar refractivity (Wildman–Crippen MR) is 53.2 cm³/mol. The molecule has 0 N–H and O–H groups in total. The van der Waals surface area contributed by atoms with E-state index in [1.807, 2.05) is 0 Å². The van der Waals surface area contributed by atoms with Gasteiger partial charge in [0.2, 0.25) is 0 Å². The van der Waals surface area contributed by atoms with Crippen LogP contribution in [0.1, 0.15) is 0 Å². The van der Waals surface area contributed by atoms with Gasteiger partial charge in [0.15, 0.2) is 0 Å². The van der Waals surface area contributed by atoms with Crippen LogP contribution in [0.3, 0.4) is 0 Å². The van der Waals surface area contributed by atoms with Crippen LogP contribution in [0.15, 0.2) is 0 Å². The minimum absolute atomic E-state index is 0. The van der Waals surface area contributed by atoms with Gasteiger partial charge in [-0.15, -0.1) is 0 Å². The van der Waals surface area contributed by atoms with Crippen LogP contribution in [-0.2, 0) is 50.5 Å². The smallest absolute Gasteiger partial charge is 0.796 e. The first kappa shape index (κ1) is 29.8. The van der Waals surface area contributed by atoms with Crippen LogP contribution in [0, 0.1) is 39.9 Å². The summed E-state index contributed by atoms with van der Waals surface area (Å²) in [5.74, 6) is 0. The minimum Gasteiger partial charge on any atom is -0.796 e. The third-order valence-electron chi connectivity index (χ3n) is 0. The summed E-state index contributed by atoms with van der Waals surface area (Å²) < 4.78 is 0. The molecule has 0 aliphatic heterocycles. The van der Waals surface area contributed by atoms with Gasteiger partial charge in [-0.3, -0.25) is 0 Å². The van der Waals surface area contributed by atoms with Gasteiger partial charge in [0, 0.05) is 0 Å². The van der Waals surface area contributed by atoms with E-state index in [4.69, 9.17) is 0 Å². The molecule has 56 valence electrons. The molecule has 0 aromatic rings. The molecule has 0 saturated heterocycles. The molecule has 0 aliphatic carbocycles. The zero-order valence-corrected chi connectivity index (χ0v) is 13.5. The van der Waals surface area contributed by atoms with E-state index < -0.39 is 0 Å². The standard InChI is InChI=1S/4CH4S.Th/c4*1-2;/h4*2H,1H3;/q;;;;+4/p-4. The second-order valence-corrected chi connectivity index (χ2v) is 0. The summed E-state index contributed by atoms with van der Waals surface area (Å²) in [6, 6.07) is 0. The Labute approximate surface area is 114 Å².